The van der Waals surface area contributed by atoms with Gasteiger partial charge in [0, 0.05) is 25.0 Å². The molecule has 0 bridgehead atoms. The Morgan fingerprint density at radius 2 is 2.08 bits per heavy atom. The second kappa shape index (κ2) is 7.52. The Hall–Kier alpha value is -1.61. The van der Waals surface area contributed by atoms with Crippen LogP contribution in [0.1, 0.15) is 31.7 Å². The summed E-state index contributed by atoms with van der Waals surface area (Å²) in [5.41, 5.74) is 0.549. The van der Waals surface area contributed by atoms with Crippen LogP contribution in [0.15, 0.2) is 24.3 Å². The van der Waals surface area contributed by atoms with E-state index in [1.807, 2.05) is 25.1 Å². The molecule has 0 radical (unpaired) electrons. The summed E-state index contributed by atoms with van der Waals surface area (Å²) in [5.74, 6) is 0.652. The van der Waals surface area contributed by atoms with Crippen LogP contribution in [0.3, 0.4) is 0 Å². The van der Waals surface area contributed by atoms with E-state index in [4.69, 9.17) is 14.7 Å². The first-order chi connectivity index (χ1) is 11.7. The average molecular weight is 330 g/mol. The van der Waals surface area contributed by atoms with Gasteiger partial charge >= 0.3 is 0 Å². The third kappa shape index (κ3) is 3.27. The van der Waals surface area contributed by atoms with Crippen LogP contribution in [0, 0.1) is 16.7 Å². The monoisotopic (exact) mass is 330 g/mol. The number of hydrogen-bond donors (Lipinski definition) is 1. The van der Waals surface area contributed by atoms with Crippen molar-refractivity contribution in [3.63, 3.8) is 0 Å². The van der Waals surface area contributed by atoms with Crippen molar-refractivity contribution in [2.24, 2.45) is 5.41 Å². The Morgan fingerprint density at radius 1 is 1.33 bits per heavy atom. The molecule has 1 aliphatic carbocycles. The molecular weight excluding hydrogens is 304 g/mol. The van der Waals surface area contributed by atoms with Crippen LogP contribution in [0.2, 0.25) is 0 Å². The fourth-order valence-corrected chi connectivity index (χ4v) is 3.98. The quantitative estimate of drug-likeness (QED) is 0.866. The van der Waals surface area contributed by atoms with Gasteiger partial charge in [-0.3, -0.25) is 4.90 Å². The van der Waals surface area contributed by atoms with Crippen LogP contribution in [0.25, 0.3) is 0 Å². The van der Waals surface area contributed by atoms with Crippen LogP contribution < -0.4 is 4.74 Å². The minimum Gasteiger partial charge on any atom is -0.491 e. The molecule has 2 atom stereocenters. The molecule has 5 heteroatoms. The number of aliphatic hydroxyl groups excluding tert-OH is 1. The van der Waals surface area contributed by atoms with Crippen LogP contribution in [0.5, 0.6) is 5.75 Å². The van der Waals surface area contributed by atoms with Gasteiger partial charge in [0.25, 0.3) is 0 Å². The van der Waals surface area contributed by atoms with Gasteiger partial charge in [0.2, 0.25) is 0 Å². The van der Waals surface area contributed by atoms with Crippen LogP contribution >= 0.6 is 0 Å². The Bertz CT molecular complexity index is 589. The second-order valence-corrected chi connectivity index (χ2v) is 6.73. The molecule has 0 amide bonds. The molecule has 1 aromatic rings. The van der Waals surface area contributed by atoms with E-state index < -0.39 is 0 Å². The summed E-state index contributed by atoms with van der Waals surface area (Å²) in [6, 6.07) is 9.48. The van der Waals surface area contributed by atoms with Crippen molar-refractivity contribution in [3.05, 3.63) is 29.8 Å². The SMILES string of the molecule is CCOC1CC(O)C12CCN(CCOc1ccccc1C#N)CC2. The van der Waals surface area contributed by atoms with Crippen LogP contribution in [-0.4, -0.2) is 55.1 Å². The second-order valence-electron chi connectivity index (χ2n) is 6.73. The lowest BCUT2D eigenvalue weighted by Gasteiger charge is -2.56. The minimum atomic E-state index is -0.213. The minimum absolute atomic E-state index is 0.0270. The fourth-order valence-electron chi connectivity index (χ4n) is 3.98. The summed E-state index contributed by atoms with van der Waals surface area (Å²) in [5, 5.41) is 19.3. The largest absolute Gasteiger partial charge is 0.491 e. The topological polar surface area (TPSA) is 65.7 Å². The first-order valence-electron chi connectivity index (χ1n) is 8.83. The highest BCUT2D eigenvalue weighted by molar-refractivity contribution is 5.42. The standard InChI is InChI=1S/C19H26N2O3/c1-2-23-18-13-17(22)19(18)7-9-21(10-8-19)11-12-24-16-6-4-3-5-15(16)14-20/h3-6,17-18,22H,2,7-13H2,1H3. The van der Waals surface area contributed by atoms with Crippen molar-refractivity contribution in [2.75, 3.05) is 32.8 Å². The first-order valence-corrected chi connectivity index (χ1v) is 8.83. The van der Waals surface area contributed by atoms with Crippen LogP contribution in [0.4, 0.5) is 0 Å². The zero-order chi connectivity index (χ0) is 17.0. The van der Waals surface area contributed by atoms with Gasteiger partial charge in [-0.1, -0.05) is 12.1 Å². The summed E-state index contributed by atoms with van der Waals surface area (Å²) in [6.45, 7) is 6.07. The van der Waals surface area contributed by atoms with E-state index in [0.717, 1.165) is 45.5 Å². The predicted molar refractivity (Wildman–Crippen MR) is 90.8 cm³/mol. The van der Waals surface area contributed by atoms with Crippen LogP contribution in [-0.2, 0) is 4.74 Å². The van der Waals surface area contributed by atoms with Gasteiger partial charge in [0.05, 0.1) is 17.8 Å². The summed E-state index contributed by atoms with van der Waals surface area (Å²) in [7, 11) is 0. The van der Waals surface area contributed by atoms with Gasteiger partial charge in [0.1, 0.15) is 18.4 Å². The van der Waals surface area contributed by atoms with Gasteiger partial charge in [-0.05, 0) is 45.0 Å². The predicted octanol–water partition coefficient (Wildman–Crippen LogP) is 2.19. The zero-order valence-corrected chi connectivity index (χ0v) is 14.3. The Labute approximate surface area is 143 Å². The van der Waals surface area contributed by atoms with Crippen molar-refractivity contribution in [1.82, 2.24) is 4.90 Å². The highest BCUT2D eigenvalue weighted by Gasteiger charge is 2.55. The summed E-state index contributed by atoms with van der Waals surface area (Å²) >= 11 is 0. The van der Waals surface area contributed by atoms with E-state index in [-0.39, 0.29) is 17.6 Å². The molecule has 1 aromatic carbocycles. The van der Waals surface area contributed by atoms with Crippen molar-refractivity contribution < 1.29 is 14.6 Å². The highest BCUT2D eigenvalue weighted by atomic mass is 16.5. The first kappa shape index (κ1) is 17.2. The summed E-state index contributed by atoms with van der Waals surface area (Å²) in [4.78, 5) is 2.37. The van der Waals surface area contributed by atoms with Crippen molar-refractivity contribution in [3.8, 4) is 11.8 Å². The van der Waals surface area contributed by atoms with E-state index in [9.17, 15) is 5.11 Å². The number of benzene rings is 1. The third-order valence-electron chi connectivity index (χ3n) is 5.57. The van der Waals surface area contributed by atoms with E-state index >= 15 is 0 Å². The molecule has 1 aliphatic heterocycles. The molecule has 1 spiro atoms. The molecule has 5 nitrogen and oxygen atoms in total. The number of nitrogens with zero attached hydrogens (tertiary/aromatic N) is 2. The fraction of sp³-hybridized carbons (Fsp3) is 0.632. The van der Waals surface area contributed by atoms with E-state index in [2.05, 4.69) is 11.0 Å². The highest BCUT2D eigenvalue weighted by Crippen LogP contribution is 2.50. The maximum Gasteiger partial charge on any atom is 0.137 e. The normalized spacial score (nSPS) is 25.9. The van der Waals surface area contributed by atoms with Gasteiger partial charge in [-0.25, -0.2) is 0 Å². The van der Waals surface area contributed by atoms with E-state index in [1.54, 1.807) is 6.07 Å². The lowest BCUT2D eigenvalue weighted by atomic mass is 9.58. The number of nitriles is 1. The summed E-state index contributed by atoms with van der Waals surface area (Å²) in [6.07, 6.45) is 2.75. The van der Waals surface area contributed by atoms with Gasteiger partial charge in [-0.15, -0.1) is 0 Å². The average Bonchev–Trinajstić information content (AvgIpc) is 2.62. The molecule has 1 N–H and O–H groups in total. The molecule has 3 rings (SSSR count). The zero-order valence-electron chi connectivity index (χ0n) is 14.3. The number of piperidine rings is 1. The molecular formula is C19H26N2O3. The maximum absolute atomic E-state index is 10.2. The number of hydrogen-bond acceptors (Lipinski definition) is 5. The molecule has 1 saturated heterocycles. The van der Waals surface area contributed by atoms with Gasteiger partial charge < -0.3 is 14.6 Å². The molecule has 24 heavy (non-hydrogen) atoms. The third-order valence-corrected chi connectivity index (χ3v) is 5.57. The molecule has 0 aromatic heterocycles. The molecule has 1 saturated carbocycles. The molecule has 130 valence electrons. The lowest BCUT2D eigenvalue weighted by molar-refractivity contribution is -0.209. The Morgan fingerprint density at radius 3 is 2.75 bits per heavy atom. The molecule has 1 heterocycles. The summed E-state index contributed by atoms with van der Waals surface area (Å²) < 4.78 is 11.6. The number of ether oxygens (including phenoxy) is 2. The Balaban J connectivity index is 1.45. The molecule has 2 fully saturated rings. The number of aliphatic hydroxyl groups is 1. The maximum atomic E-state index is 10.2. The Kier molecular flexibility index (Phi) is 5.40. The van der Waals surface area contributed by atoms with Crippen molar-refractivity contribution in [1.29, 1.82) is 5.26 Å². The lowest BCUT2D eigenvalue weighted by Crippen LogP contribution is -2.62. The number of rotatable bonds is 6. The number of likely N-dealkylation sites (tertiary alicyclic amines) is 1. The van der Waals surface area contributed by atoms with E-state index in [0.29, 0.717) is 17.9 Å². The smallest absolute Gasteiger partial charge is 0.137 e. The molecule has 2 unspecified atom stereocenters. The van der Waals surface area contributed by atoms with Gasteiger partial charge in [0.15, 0.2) is 0 Å². The van der Waals surface area contributed by atoms with Crippen molar-refractivity contribution >= 4 is 0 Å². The number of para-hydroxylation sites is 1. The molecule has 2 aliphatic rings. The van der Waals surface area contributed by atoms with Crippen molar-refractivity contribution in [2.45, 2.75) is 38.4 Å². The van der Waals surface area contributed by atoms with E-state index in [1.165, 1.54) is 0 Å². The van der Waals surface area contributed by atoms with Gasteiger partial charge in [-0.2, -0.15) is 5.26 Å².